The molecule has 1 atom stereocenters. The number of thioether (sulfide) groups is 2. The minimum absolute atomic E-state index is 0.553. The summed E-state index contributed by atoms with van der Waals surface area (Å²) in [6.45, 7) is 7.24. The van der Waals surface area contributed by atoms with E-state index in [9.17, 15) is 0 Å². The van der Waals surface area contributed by atoms with Crippen molar-refractivity contribution < 1.29 is 0 Å². The van der Waals surface area contributed by atoms with Gasteiger partial charge in [-0.3, -0.25) is 0 Å². The lowest BCUT2D eigenvalue weighted by molar-refractivity contribution is 0.590. The maximum absolute atomic E-state index is 4.70. The molecule has 3 nitrogen and oxygen atoms in total. The van der Waals surface area contributed by atoms with Crippen LogP contribution in [0, 0.1) is 0 Å². The van der Waals surface area contributed by atoms with Crippen LogP contribution in [-0.4, -0.2) is 35.2 Å². The summed E-state index contributed by atoms with van der Waals surface area (Å²) in [5.41, 5.74) is 2.14. The van der Waals surface area contributed by atoms with Crippen molar-refractivity contribution in [2.24, 2.45) is 4.99 Å². The molecule has 5 heteroatoms. The lowest BCUT2D eigenvalue weighted by atomic mass is 10.2. The summed E-state index contributed by atoms with van der Waals surface area (Å²) >= 11 is 3.71. The molecule has 0 radical (unpaired) electrons. The van der Waals surface area contributed by atoms with Gasteiger partial charge in [0.2, 0.25) is 0 Å². The van der Waals surface area contributed by atoms with Crippen LogP contribution in [0.15, 0.2) is 28.0 Å². The third-order valence-corrected chi connectivity index (χ3v) is 5.30. The predicted octanol–water partition coefficient (Wildman–Crippen LogP) is 2.45. The van der Waals surface area contributed by atoms with Gasteiger partial charge in [-0.25, -0.2) is 4.99 Å². The Bertz CT molecular complexity index is 373. The number of nitrogens with zero attached hydrogens (tertiary/aromatic N) is 2. The van der Waals surface area contributed by atoms with Crippen LogP contribution in [0.1, 0.15) is 13.3 Å². The van der Waals surface area contributed by atoms with E-state index in [2.05, 4.69) is 30.0 Å². The molecule has 0 aliphatic carbocycles. The summed E-state index contributed by atoms with van der Waals surface area (Å²) < 4.78 is 0.553. The lowest BCUT2D eigenvalue weighted by Gasteiger charge is -2.34. The molecule has 0 bridgehead atoms. The second kappa shape index (κ2) is 4.75. The molecule has 2 heterocycles. The molecule has 0 aromatic rings. The highest BCUT2D eigenvalue weighted by Gasteiger charge is 2.28. The minimum atomic E-state index is 0.553. The van der Waals surface area contributed by atoms with Gasteiger partial charge < -0.3 is 10.2 Å². The third-order valence-electron chi connectivity index (χ3n) is 2.79. The van der Waals surface area contributed by atoms with Crippen molar-refractivity contribution in [3.63, 3.8) is 0 Å². The van der Waals surface area contributed by atoms with Gasteiger partial charge in [0, 0.05) is 20.0 Å². The highest BCUT2D eigenvalue weighted by Crippen LogP contribution is 2.38. The van der Waals surface area contributed by atoms with E-state index >= 15 is 0 Å². The van der Waals surface area contributed by atoms with Crippen molar-refractivity contribution >= 4 is 29.4 Å². The fraction of sp³-hybridized carbons (Fsp3) is 0.545. The third kappa shape index (κ3) is 1.98. The van der Waals surface area contributed by atoms with Gasteiger partial charge >= 0.3 is 0 Å². The molecule has 0 aromatic heterocycles. The molecule has 2 aliphatic rings. The summed E-state index contributed by atoms with van der Waals surface area (Å²) in [6.07, 6.45) is 3.08. The number of rotatable bonds is 2. The van der Waals surface area contributed by atoms with Crippen molar-refractivity contribution in [2.75, 3.05) is 19.8 Å². The van der Waals surface area contributed by atoms with Crippen LogP contribution >= 0.6 is 23.5 Å². The molecule has 1 N–H and O–H groups in total. The Morgan fingerprint density at radius 3 is 3.06 bits per heavy atom. The Labute approximate surface area is 105 Å². The molecule has 2 rings (SSSR count). The van der Waals surface area contributed by atoms with Crippen LogP contribution in [0.2, 0.25) is 0 Å². The molecule has 88 valence electrons. The van der Waals surface area contributed by atoms with Crippen molar-refractivity contribution in [2.45, 2.75) is 17.9 Å². The van der Waals surface area contributed by atoms with Crippen LogP contribution in [0.25, 0.3) is 0 Å². The molecule has 16 heavy (non-hydrogen) atoms. The largest absolute Gasteiger partial charge is 0.379 e. The summed E-state index contributed by atoms with van der Waals surface area (Å²) in [6, 6.07) is 0. The van der Waals surface area contributed by atoms with E-state index in [0.29, 0.717) is 4.58 Å². The van der Waals surface area contributed by atoms with Crippen molar-refractivity contribution in [3.8, 4) is 0 Å². The number of hydrogen-bond donors (Lipinski definition) is 1. The van der Waals surface area contributed by atoms with Crippen LogP contribution in [0.4, 0.5) is 0 Å². The maximum Gasteiger partial charge on any atom is 0.125 e. The average Bonchev–Trinajstić information content (AvgIpc) is 2.33. The Kier molecular flexibility index (Phi) is 3.54. The average molecular weight is 255 g/mol. The highest BCUT2D eigenvalue weighted by atomic mass is 32.2. The summed E-state index contributed by atoms with van der Waals surface area (Å²) in [5.74, 6) is 1.10. The van der Waals surface area contributed by atoms with Crippen molar-refractivity contribution in [1.29, 1.82) is 0 Å². The second-order valence-corrected chi connectivity index (χ2v) is 6.26. The van der Waals surface area contributed by atoms with Gasteiger partial charge in [0.05, 0.1) is 16.0 Å². The first-order valence-corrected chi connectivity index (χ1v) is 7.52. The highest BCUT2D eigenvalue weighted by molar-refractivity contribution is 8.18. The van der Waals surface area contributed by atoms with E-state index in [0.717, 1.165) is 35.2 Å². The normalized spacial score (nSPS) is 25.2. The van der Waals surface area contributed by atoms with Gasteiger partial charge in [-0.2, -0.15) is 0 Å². The first-order valence-electron chi connectivity index (χ1n) is 5.35. The van der Waals surface area contributed by atoms with E-state index in [1.165, 1.54) is 0 Å². The molecule has 0 aromatic carbocycles. The maximum atomic E-state index is 4.70. The van der Waals surface area contributed by atoms with Gasteiger partial charge in [0.25, 0.3) is 0 Å². The minimum Gasteiger partial charge on any atom is -0.379 e. The van der Waals surface area contributed by atoms with Crippen molar-refractivity contribution in [3.05, 3.63) is 23.0 Å². The number of amidine groups is 1. The van der Waals surface area contributed by atoms with Gasteiger partial charge in [-0.1, -0.05) is 25.3 Å². The molecular formula is C11H17N3S2. The van der Waals surface area contributed by atoms with E-state index in [4.69, 9.17) is 4.99 Å². The van der Waals surface area contributed by atoms with Gasteiger partial charge in [0.15, 0.2) is 0 Å². The summed E-state index contributed by atoms with van der Waals surface area (Å²) in [5, 5.41) is 4.54. The van der Waals surface area contributed by atoms with Crippen LogP contribution in [0.5, 0.6) is 0 Å². The first kappa shape index (κ1) is 11.9. The molecule has 2 aliphatic heterocycles. The standard InChI is InChI=1S/C11H17N3S2/c1-5-8-13-11-10(7(2)14(8)3)12-6-9(15-4)16-11/h9,12H,2,5-6H2,1,3-4H3. The zero-order valence-corrected chi connectivity index (χ0v) is 11.5. The monoisotopic (exact) mass is 255 g/mol. The quantitative estimate of drug-likeness (QED) is 0.820. The predicted molar refractivity (Wildman–Crippen MR) is 74.6 cm³/mol. The fourth-order valence-electron chi connectivity index (χ4n) is 1.76. The molecule has 0 saturated carbocycles. The van der Waals surface area contributed by atoms with Crippen LogP contribution in [-0.2, 0) is 0 Å². The Morgan fingerprint density at radius 2 is 2.44 bits per heavy atom. The first-order chi connectivity index (χ1) is 7.67. The van der Waals surface area contributed by atoms with Crippen LogP contribution in [0.3, 0.4) is 0 Å². The zero-order valence-electron chi connectivity index (χ0n) is 9.91. The van der Waals surface area contributed by atoms with E-state index < -0.39 is 0 Å². The van der Waals surface area contributed by atoms with Crippen molar-refractivity contribution in [1.82, 2.24) is 10.2 Å². The molecule has 1 unspecified atom stereocenters. The zero-order chi connectivity index (χ0) is 11.7. The number of nitrogens with one attached hydrogen (secondary N) is 1. The Morgan fingerprint density at radius 1 is 1.69 bits per heavy atom. The van der Waals surface area contributed by atoms with E-state index in [1.54, 1.807) is 0 Å². The molecule has 0 spiro atoms. The summed E-state index contributed by atoms with van der Waals surface area (Å²) in [4.78, 5) is 6.78. The van der Waals surface area contributed by atoms with Gasteiger partial charge in [-0.15, -0.1) is 11.8 Å². The van der Waals surface area contributed by atoms with E-state index in [-0.39, 0.29) is 0 Å². The molecule has 0 saturated heterocycles. The summed E-state index contributed by atoms with van der Waals surface area (Å²) in [7, 11) is 2.03. The van der Waals surface area contributed by atoms with Gasteiger partial charge in [-0.05, 0) is 6.26 Å². The van der Waals surface area contributed by atoms with Gasteiger partial charge in [0.1, 0.15) is 10.9 Å². The Balaban J connectivity index is 2.31. The fourth-order valence-corrected chi connectivity index (χ4v) is 3.55. The number of aliphatic imine (C=N–C) groups is 1. The topological polar surface area (TPSA) is 27.6 Å². The number of likely N-dealkylation sites (N-methyl/N-ethyl adjacent to an activating group) is 1. The lowest BCUT2D eigenvalue weighted by Crippen LogP contribution is -2.37. The van der Waals surface area contributed by atoms with E-state index in [1.807, 2.05) is 30.6 Å². The van der Waals surface area contributed by atoms with Crippen LogP contribution < -0.4 is 5.32 Å². The molecule has 0 amide bonds. The number of hydrogen-bond acceptors (Lipinski definition) is 5. The SMILES string of the molecule is C=C1C2=C(N=C(CC)N1C)SC(SC)CN2. The molecule has 0 fully saturated rings. The second-order valence-electron chi connectivity index (χ2n) is 3.73. The Hall–Kier alpha value is -0.550. The molecular weight excluding hydrogens is 238 g/mol. The smallest absolute Gasteiger partial charge is 0.125 e.